The number of piperidine rings is 1. The molecular weight excluding hydrogens is 376 g/mol. The van der Waals surface area contributed by atoms with Crippen LogP contribution < -0.4 is 21.2 Å². The topological polar surface area (TPSA) is 3.24 Å². The van der Waals surface area contributed by atoms with E-state index in [2.05, 4.69) is 34.4 Å². The molecule has 0 spiro atoms. The summed E-state index contributed by atoms with van der Waals surface area (Å²) in [5.74, 6) is 1.07. The van der Waals surface area contributed by atoms with Gasteiger partial charge in [0.25, 0.3) is 0 Å². The second kappa shape index (κ2) is 3.88. The maximum absolute atomic E-state index is 2.73. The second-order valence-electron chi connectivity index (χ2n) is 4.22. The van der Waals surface area contributed by atoms with Crippen LogP contribution >= 0.6 is 22.6 Å². The Hall–Kier alpha value is 1.42. The van der Waals surface area contributed by atoms with Gasteiger partial charge in [0, 0.05) is 0 Å². The molecule has 0 saturated carbocycles. The van der Waals surface area contributed by atoms with Gasteiger partial charge >= 0.3 is 99.9 Å². The Kier molecular flexibility index (Phi) is 3.22. The molecule has 72 valence electrons. The van der Waals surface area contributed by atoms with Gasteiger partial charge in [-0.15, -0.1) is 0 Å². The third-order valence-corrected chi connectivity index (χ3v) is 8.06. The molecule has 0 aromatic carbocycles. The molecule has 3 aliphatic heterocycles. The molecule has 3 fully saturated rings. The van der Waals surface area contributed by atoms with E-state index in [-0.39, 0.29) is 0 Å². The summed E-state index contributed by atoms with van der Waals surface area (Å²) in [5.41, 5.74) is 0.613. The van der Waals surface area contributed by atoms with Crippen LogP contribution in [0.15, 0.2) is 0 Å². The van der Waals surface area contributed by atoms with Crippen LogP contribution in [0.1, 0.15) is 19.8 Å². The summed E-state index contributed by atoms with van der Waals surface area (Å²) in [6.45, 7) is 3.89. The van der Waals surface area contributed by atoms with Gasteiger partial charge in [0.2, 0.25) is 0 Å². The van der Waals surface area contributed by atoms with E-state index in [4.69, 9.17) is 0 Å². The first-order valence-corrected chi connectivity index (χ1v) is 9.17. The van der Waals surface area contributed by atoms with Crippen molar-refractivity contribution < 1.29 is 21.2 Å². The Morgan fingerprint density at radius 3 is 3.25 bits per heavy atom. The van der Waals surface area contributed by atoms with Crippen LogP contribution in [-0.2, 0) is 0 Å². The summed E-state index contributed by atoms with van der Waals surface area (Å²) in [7, 11) is 0. The molecule has 12 heavy (non-hydrogen) atoms. The van der Waals surface area contributed by atoms with Crippen LogP contribution in [0.2, 0.25) is 0 Å². The molecule has 3 aliphatic rings. The molecule has 0 aliphatic carbocycles. The van der Waals surface area contributed by atoms with E-state index in [0.29, 0.717) is 26.7 Å². The molecule has 3 heteroatoms. The minimum atomic E-state index is 0.541. The van der Waals surface area contributed by atoms with Gasteiger partial charge in [0.1, 0.15) is 0 Å². The minimum absolute atomic E-state index is 0.541. The summed E-state index contributed by atoms with van der Waals surface area (Å²) in [6, 6.07) is 0. The molecule has 3 rings (SSSR count). The van der Waals surface area contributed by atoms with E-state index < -0.39 is 0 Å². The Bertz CT molecular complexity index is 170. The van der Waals surface area contributed by atoms with E-state index in [1.807, 2.05) is 0 Å². The Morgan fingerprint density at radius 2 is 2.50 bits per heavy atom. The molecule has 1 unspecified atom stereocenters. The number of nitrogens with zero attached hydrogens (tertiary/aromatic N) is 1. The van der Waals surface area contributed by atoms with Gasteiger partial charge in [-0.2, -0.15) is 0 Å². The number of hydrogen-bond acceptors (Lipinski definition) is 1. The fraction of sp³-hybridized carbons (Fsp3) is 1.00. The van der Waals surface area contributed by atoms with E-state index in [1.54, 1.807) is 8.86 Å². The first-order valence-electron chi connectivity index (χ1n) is 4.59. The molecule has 0 aromatic rings. The average molecular weight is 392 g/mol. The van der Waals surface area contributed by atoms with Crippen LogP contribution in [-0.4, -0.2) is 30.4 Å². The van der Waals surface area contributed by atoms with Crippen LogP contribution in [0.25, 0.3) is 0 Å². The zero-order valence-corrected chi connectivity index (χ0v) is 11.8. The Morgan fingerprint density at radius 1 is 1.67 bits per heavy atom. The number of alkyl halides is 3. The predicted molar refractivity (Wildman–Crippen MR) is 56.5 cm³/mol. The summed E-state index contributed by atoms with van der Waals surface area (Å²) in [5, 5.41) is 0. The van der Waals surface area contributed by atoms with Crippen molar-refractivity contribution in [2.75, 3.05) is 20.0 Å². The van der Waals surface area contributed by atoms with Gasteiger partial charge in [0.05, 0.1) is 0 Å². The third-order valence-electron chi connectivity index (χ3n) is 3.19. The van der Waals surface area contributed by atoms with E-state index >= 15 is 0 Å². The van der Waals surface area contributed by atoms with Crippen LogP contribution in [0.3, 0.4) is 0 Å². The summed E-state index contributed by atoms with van der Waals surface area (Å²) in [6.07, 6.45) is 2.99. The Labute approximate surface area is 99.1 Å². The standard InChI is InChI=1S/C9H16I2N/c1-9-3-2-8(4-11-6-9)5-12(9)7-10/h8H,2-7H2,1H3/q-1/t8?,9-/m0/s1. The molecular formula is C9H16I2N-. The molecule has 2 atom stereocenters. The molecule has 0 N–H and O–H groups in total. The zero-order chi connectivity index (χ0) is 8.60. The average Bonchev–Trinajstić information content (AvgIpc) is 2.33. The SMILES string of the molecule is C[C@]12CCC(C[I-]C1)CN2CI. The number of hydrogen-bond donors (Lipinski definition) is 0. The van der Waals surface area contributed by atoms with Crippen LogP contribution in [0.5, 0.6) is 0 Å². The molecule has 0 amide bonds. The van der Waals surface area contributed by atoms with Crippen molar-refractivity contribution in [1.29, 1.82) is 0 Å². The van der Waals surface area contributed by atoms with Gasteiger partial charge in [-0.05, 0) is 0 Å². The summed E-state index contributed by atoms with van der Waals surface area (Å²) < 4.78 is 4.39. The molecule has 0 radical (unpaired) electrons. The van der Waals surface area contributed by atoms with Crippen molar-refractivity contribution in [3.8, 4) is 0 Å². The Balaban J connectivity index is 2.16. The van der Waals surface area contributed by atoms with Gasteiger partial charge in [-0.3, -0.25) is 0 Å². The molecule has 0 aromatic heterocycles. The number of rotatable bonds is 1. The van der Waals surface area contributed by atoms with Crippen LogP contribution in [0.4, 0.5) is 0 Å². The number of fused-ring (bicyclic) bond motifs is 4. The molecule has 2 bridgehead atoms. The first-order chi connectivity index (χ1) is 5.74. The summed E-state index contributed by atoms with van der Waals surface area (Å²) in [4.78, 5) is 2.73. The van der Waals surface area contributed by atoms with E-state index in [0.717, 1.165) is 5.92 Å². The van der Waals surface area contributed by atoms with Gasteiger partial charge in [-0.1, -0.05) is 0 Å². The van der Waals surface area contributed by atoms with Crippen molar-refractivity contribution in [2.45, 2.75) is 25.3 Å². The van der Waals surface area contributed by atoms with Crippen molar-refractivity contribution >= 4 is 22.6 Å². The molecule has 3 heterocycles. The monoisotopic (exact) mass is 392 g/mol. The number of halogens is 2. The third kappa shape index (κ3) is 1.78. The molecule has 3 saturated heterocycles. The van der Waals surface area contributed by atoms with E-state index in [9.17, 15) is 0 Å². The normalized spacial score (nSPS) is 43.7. The van der Waals surface area contributed by atoms with Crippen molar-refractivity contribution in [1.82, 2.24) is 4.90 Å². The van der Waals surface area contributed by atoms with Gasteiger partial charge < -0.3 is 0 Å². The van der Waals surface area contributed by atoms with Crippen molar-refractivity contribution in [3.05, 3.63) is 0 Å². The van der Waals surface area contributed by atoms with Crippen molar-refractivity contribution in [3.63, 3.8) is 0 Å². The fourth-order valence-corrected chi connectivity index (χ4v) is 7.22. The van der Waals surface area contributed by atoms with E-state index in [1.165, 1.54) is 23.9 Å². The van der Waals surface area contributed by atoms with Gasteiger partial charge in [0.15, 0.2) is 0 Å². The van der Waals surface area contributed by atoms with Gasteiger partial charge in [-0.25, -0.2) is 0 Å². The summed E-state index contributed by atoms with van der Waals surface area (Å²) >= 11 is 3.07. The predicted octanol–water partition coefficient (Wildman–Crippen LogP) is -1.05. The van der Waals surface area contributed by atoms with Crippen LogP contribution in [0, 0.1) is 5.92 Å². The first kappa shape index (κ1) is 9.96. The van der Waals surface area contributed by atoms with Crippen molar-refractivity contribution in [2.24, 2.45) is 5.92 Å². The maximum atomic E-state index is 2.73. The quantitative estimate of drug-likeness (QED) is 0.313. The zero-order valence-electron chi connectivity index (χ0n) is 7.52. The molecule has 1 nitrogen and oxygen atoms in total. The fourth-order valence-electron chi connectivity index (χ4n) is 2.18. The second-order valence-corrected chi connectivity index (χ2v) is 7.63.